The molecule has 0 atom stereocenters. The summed E-state index contributed by atoms with van der Waals surface area (Å²) < 4.78 is 2.04. The predicted molar refractivity (Wildman–Crippen MR) is 87.9 cm³/mol. The van der Waals surface area contributed by atoms with Crippen LogP contribution in [0.25, 0.3) is 0 Å². The molecule has 22 heavy (non-hydrogen) atoms. The number of rotatable bonds is 7. The number of thiazole rings is 1. The molecule has 2 N–H and O–H groups in total. The highest BCUT2D eigenvalue weighted by molar-refractivity contribution is 7.11. The van der Waals surface area contributed by atoms with Gasteiger partial charge in [0.2, 0.25) is 0 Å². The SMILES string of the molecule is Cc1cnc(C(C)(C)NC(=O)NCCCCn2ccnc2)s1. The van der Waals surface area contributed by atoms with Gasteiger partial charge in [-0.05, 0) is 33.6 Å². The van der Waals surface area contributed by atoms with Crippen molar-refractivity contribution >= 4 is 17.4 Å². The highest BCUT2D eigenvalue weighted by Crippen LogP contribution is 2.24. The topological polar surface area (TPSA) is 71.8 Å². The molecule has 0 aromatic carbocycles. The molecule has 120 valence electrons. The van der Waals surface area contributed by atoms with Crippen molar-refractivity contribution in [2.75, 3.05) is 6.54 Å². The summed E-state index contributed by atoms with van der Waals surface area (Å²) in [6.45, 7) is 7.52. The normalized spacial score (nSPS) is 11.4. The lowest BCUT2D eigenvalue weighted by Gasteiger charge is -2.24. The van der Waals surface area contributed by atoms with Crippen LogP contribution in [0.1, 0.15) is 36.6 Å². The van der Waals surface area contributed by atoms with E-state index in [9.17, 15) is 4.79 Å². The molecule has 0 aliphatic heterocycles. The van der Waals surface area contributed by atoms with Crippen molar-refractivity contribution in [3.63, 3.8) is 0 Å². The summed E-state index contributed by atoms with van der Waals surface area (Å²) in [5.41, 5.74) is -0.459. The van der Waals surface area contributed by atoms with E-state index in [4.69, 9.17) is 0 Å². The van der Waals surface area contributed by atoms with E-state index in [0.717, 1.165) is 29.3 Å². The van der Waals surface area contributed by atoms with Gasteiger partial charge in [-0.15, -0.1) is 11.3 Å². The van der Waals surface area contributed by atoms with E-state index in [1.54, 1.807) is 23.9 Å². The average molecular weight is 321 g/mol. The van der Waals surface area contributed by atoms with Gasteiger partial charge in [-0.2, -0.15) is 0 Å². The standard InChI is InChI=1S/C15H23N5OS/c1-12-10-18-13(22-12)15(2,3)19-14(21)17-6-4-5-8-20-9-7-16-11-20/h7,9-11H,4-6,8H2,1-3H3,(H2,17,19,21). The molecule has 6 nitrogen and oxygen atoms in total. The molecule has 2 aromatic rings. The Hall–Kier alpha value is -1.89. The van der Waals surface area contributed by atoms with Crippen LogP contribution < -0.4 is 10.6 Å². The van der Waals surface area contributed by atoms with E-state index in [2.05, 4.69) is 20.6 Å². The zero-order valence-corrected chi connectivity index (χ0v) is 14.1. The van der Waals surface area contributed by atoms with Crippen molar-refractivity contribution in [1.29, 1.82) is 0 Å². The van der Waals surface area contributed by atoms with Gasteiger partial charge in [-0.1, -0.05) is 0 Å². The number of hydrogen-bond donors (Lipinski definition) is 2. The number of carbonyl (C=O) groups excluding carboxylic acids is 1. The van der Waals surface area contributed by atoms with Gasteiger partial charge in [0.05, 0.1) is 11.9 Å². The zero-order chi connectivity index (χ0) is 16.0. The molecule has 7 heteroatoms. The Labute approximate surface area is 135 Å². The van der Waals surface area contributed by atoms with Gasteiger partial charge < -0.3 is 15.2 Å². The smallest absolute Gasteiger partial charge is 0.315 e. The molecule has 0 unspecified atom stereocenters. The molecule has 0 fully saturated rings. The number of nitrogens with zero attached hydrogens (tertiary/aromatic N) is 3. The van der Waals surface area contributed by atoms with Crippen LogP contribution in [-0.4, -0.2) is 27.1 Å². The number of nitrogens with one attached hydrogen (secondary N) is 2. The van der Waals surface area contributed by atoms with Gasteiger partial charge in [-0.25, -0.2) is 14.8 Å². The van der Waals surface area contributed by atoms with E-state index < -0.39 is 5.54 Å². The number of carbonyl (C=O) groups is 1. The van der Waals surface area contributed by atoms with E-state index in [0.29, 0.717) is 6.54 Å². The van der Waals surface area contributed by atoms with E-state index in [-0.39, 0.29) is 6.03 Å². The zero-order valence-electron chi connectivity index (χ0n) is 13.3. The lowest BCUT2D eigenvalue weighted by molar-refractivity contribution is 0.229. The fraction of sp³-hybridized carbons (Fsp3) is 0.533. The van der Waals surface area contributed by atoms with Crippen LogP contribution in [0.4, 0.5) is 4.79 Å². The van der Waals surface area contributed by atoms with Crippen LogP contribution in [0.3, 0.4) is 0 Å². The number of hydrogen-bond acceptors (Lipinski definition) is 4. The van der Waals surface area contributed by atoms with Gasteiger partial charge in [-0.3, -0.25) is 0 Å². The van der Waals surface area contributed by atoms with Crippen LogP contribution in [0, 0.1) is 6.92 Å². The Morgan fingerprint density at radius 2 is 2.23 bits per heavy atom. The Morgan fingerprint density at radius 1 is 1.41 bits per heavy atom. The summed E-state index contributed by atoms with van der Waals surface area (Å²) in [6, 6.07) is -0.152. The van der Waals surface area contributed by atoms with Crippen LogP contribution in [0.15, 0.2) is 24.9 Å². The minimum Gasteiger partial charge on any atom is -0.338 e. The third-order valence-corrected chi connectivity index (χ3v) is 4.51. The fourth-order valence-corrected chi connectivity index (χ4v) is 2.89. The highest BCUT2D eigenvalue weighted by Gasteiger charge is 2.25. The summed E-state index contributed by atoms with van der Waals surface area (Å²) in [6.07, 6.45) is 9.29. The van der Waals surface area contributed by atoms with Crippen molar-refractivity contribution in [3.8, 4) is 0 Å². The Morgan fingerprint density at radius 3 is 2.86 bits per heavy atom. The van der Waals surface area contributed by atoms with E-state index in [1.165, 1.54) is 0 Å². The van der Waals surface area contributed by atoms with Crippen LogP contribution in [0.2, 0.25) is 0 Å². The van der Waals surface area contributed by atoms with E-state index in [1.807, 2.05) is 37.7 Å². The monoisotopic (exact) mass is 321 g/mol. The average Bonchev–Trinajstić information content (AvgIpc) is 3.09. The summed E-state index contributed by atoms with van der Waals surface area (Å²) in [7, 11) is 0. The molecule has 0 radical (unpaired) electrons. The molecule has 2 heterocycles. The lowest BCUT2D eigenvalue weighted by atomic mass is 10.1. The summed E-state index contributed by atoms with van der Waals surface area (Å²) >= 11 is 1.60. The van der Waals surface area contributed by atoms with Crippen LogP contribution in [-0.2, 0) is 12.1 Å². The molecule has 0 bridgehead atoms. The minimum absolute atomic E-state index is 0.152. The molecule has 0 aliphatic rings. The summed E-state index contributed by atoms with van der Waals surface area (Å²) in [4.78, 5) is 21.5. The van der Waals surface area contributed by atoms with Crippen LogP contribution in [0.5, 0.6) is 0 Å². The maximum Gasteiger partial charge on any atom is 0.315 e. The van der Waals surface area contributed by atoms with Crippen molar-refractivity contribution in [2.24, 2.45) is 0 Å². The molecule has 0 saturated carbocycles. The maximum atomic E-state index is 12.0. The van der Waals surface area contributed by atoms with Crippen molar-refractivity contribution in [1.82, 2.24) is 25.2 Å². The predicted octanol–water partition coefficient (Wildman–Crippen LogP) is 2.66. The molecule has 0 saturated heterocycles. The second kappa shape index (κ2) is 7.40. The van der Waals surface area contributed by atoms with Crippen molar-refractivity contribution in [3.05, 3.63) is 34.8 Å². The van der Waals surface area contributed by atoms with Crippen molar-refractivity contribution < 1.29 is 4.79 Å². The molecule has 2 amide bonds. The third-order valence-electron chi connectivity index (χ3n) is 3.27. The molecule has 0 spiro atoms. The molecular weight excluding hydrogens is 298 g/mol. The van der Waals surface area contributed by atoms with Crippen LogP contribution >= 0.6 is 11.3 Å². The van der Waals surface area contributed by atoms with Gasteiger partial charge in [0.1, 0.15) is 5.01 Å². The first-order valence-electron chi connectivity index (χ1n) is 7.42. The number of urea groups is 1. The second-order valence-electron chi connectivity index (χ2n) is 5.79. The second-order valence-corrected chi connectivity index (χ2v) is 7.02. The van der Waals surface area contributed by atoms with Crippen molar-refractivity contribution in [2.45, 2.75) is 45.7 Å². The van der Waals surface area contributed by atoms with Gasteiger partial charge in [0, 0.05) is 36.6 Å². The fourth-order valence-electron chi connectivity index (χ4n) is 2.07. The minimum atomic E-state index is -0.459. The first-order valence-corrected chi connectivity index (χ1v) is 8.24. The molecule has 2 rings (SSSR count). The van der Waals surface area contributed by atoms with E-state index >= 15 is 0 Å². The Kier molecular flexibility index (Phi) is 5.54. The quantitative estimate of drug-likeness (QED) is 0.770. The number of unbranched alkanes of at least 4 members (excludes halogenated alkanes) is 1. The number of imidazole rings is 1. The lowest BCUT2D eigenvalue weighted by Crippen LogP contribution is -2.46. The summed E-state index contributed by atoms with van der Waals surface area (Å²) in [5, 5.41) is 6.79. The number of aromatic nitrogens is 3. The Balaban J connectivity index is 1.67. The molecule has 2 aromatic heterocycles. The summed E-state index contributed by atoms with van der Waals surface area (Å²) in [5.74, 6) is 0. The molecule has 0 aliphatic carbocycles. The highest BCUT2D eigenvalue weighted by atomic mass is 32.1. The first-order chi connectivity index (χ1) is 10.5. The third kappa shape index (κ3) is 4.84. The largest absolute Gasteiger partial charge is 0.338 e. The first kappa shape index (κ1) is 16.5. The Bertz CT molecular complexity index is 591. The molecular formula is C15H23N5OS. The maximum absolute atomic E-state index is 12.0. The van der Waals surface area contributed by atoms with Gasteiger partial charge >= 0.3 is 6.03 Å². The number of aryl methyl sites for hydroxylation is 2. The number of amides is 2. The van der Waals surface area contributed by atoms with Gasteiger partial charge in [0.15, 0.2) is 0 Å². The van der Waals surface area contributed by atoms with Gasteiger partial charge in [0.25, 0.3) is 0 Å².